The highest BCUT2D eigenvalue weighted by atomic mass is 19.4. The number of hydrogen-bond acceptors (Lipinski definition) is 4. The number of anilines is 2. The largest absolute Gasteiger partial charge is 0.416 e. The van der Waals surface area contributed by atoms with Crippen LogP contribution in [0.1, 0.15) is 51.5 Å². The van der Waals surface area contributed by atoms with Gasteiger partial charge in [-0.2, -0.15) is 18.2 Å². The maximum Gasteiger partial charge on any atom is 0.416 e. The van der Waals surface area contributed by atoms with Crippen LogP contribution < -0.4 is 10.2 Å². The first-order valence-corrected chi connectivity index (χ1v) is 11.7. The summed E-state index contributed by atoms with van der Waals surface area (Å²) in [4.78, 5) is 19.1. The fourth-order valence-electron chi connectivity index (χ4n) is 3.78. The molecule has 2 aromatic carbocycles. The van der Waals surface area contributed by atoms with Crippen LogP contribution in [0.2, 0.25) is 0 Å². The molecule has 6 nitrogen and oxygen atoms in total. The molecule has 0 atom stereocenters. The van der Waals surface area contributed by atoms with E-state index >= 15 is 0 Å². The lowest BCUT2D eigenvalue weighted by molar-refractivity contribution is -0.138. The maximum absolute atomic E-state index is 13.5. The molecular formula is C28H26F3N5O. The normalized spacial score (nSPS) is 11.2. The second-order valence-corrected chi connectivity index (χ2v) is 8.88. The van der Waals surface area contributed by atoms with Crippen LogP contribution in [0.5, 0.6) is 0 Å². The summed E-state index contributed by atoms with van der Waals surface area (Å²) in [5.41, 5.74) is 2.75. The Morgan fingerprint density at radius 1 is 1.08 bits per heavy atom. The van der Waals surface area contributed by atoms with Gasteiger partial charge in [0.05, 0.1) is 5.56 Å². The van der Waals surface area contributed by atoms with Crippen LogP contribution in [-0.4, -0.2) is 34.6 Å². The van der Waals surface area contributed by atoms with Gasteiger partial charge in [0.2, 0.25) is 5.95 Å². The van der Waals surface area contributed by atoms with Crippen molar-refractivity contribution in [3.8, 4) is 11.8 Å². The van der Waals surface area contributed by atoms with Crippen molar-refractivity contribution in [3.63, 3.8) is 0 Å². The Morgan fingerprint density at radius 2 is 1.86 bits per heavy atom. The van der Waals surface area contributed by atoms with Crippen LogP contribution in [-0.2, 0) is 12.6 Å². The second-order valence-electron chi connectivity index (χ2n) is 8.88. The van der Waals surface area contributed by atoms with E-state index in [0.29, 0.717) is 35.6 Å². The number of halogens is 3. The number of rotatable bonds is 5. The van der Waals surface area contributed by atoms with Crippen molar-refractivity contribution < 1.29 is 18.0 Å². The summed E-state index contributed by atoms with van der Waals surface area (Å²) in [6.45, 7) is 3.69. The number of nitrogens with zero attached hydrogens (tertiary/aromatic N) is 4. The Kier molecular flexibility index (Phi) is 7.21. The van der Waals surface area contributed by atoms with Crippen molar-refractivity contribution in [2.24, 2.45) is 0 Å². The van der Waals surface area contributed by atoms with Crippen LogP contribution in [0.15, 0.2) is 54.7 Å². The van der Waals surface area contributed by atoms with Gasteiger partial charge in [0.25, 0.3) is 5.91 Å². The molecule has 2 heterocycles. The van der Waals surface area contributed by atoms with Crippen LogP contribution >= 0.6 is 0 Å². The van der Waals surface area contributed by atoms with Crippen LogP contribution in [0.3, 0.4) is 0 Å². The van der Waals surface area contributed by atoms with E-state index in [2.05, 4.69) is 27.2 Å². The number of carbonyl (C=O) groups is 1. The molecule has 37 heavy (non-hydrogen) atoms. The fraction of sp³-hybridized carbons (Fsp3) is 0.250. The molecule has 0 fully saturated rings. The molecule has 0 radical (unpaired) electrons. The monoisotopic (exact) mass is 505 g/mol. The molecule has 4 aromatic rings. The summed E-state index contributed by atoms with van der Waals surface area (Å²) in [6.07, 6.45) is -1.83. The van der Waals surface area contributed by atoms with Crippen molar-refractivity contribution >= 4 is 23.2 Å². The summed E-state index contributed by atoms with van der Waals surface area (Å²) in [5, 5.41) is 6.94. The van der Waals surface area contributed by atoms with Crippen molar-refractivity contribution in [1.82, 2.24) is 14.6 Å². The van der Waals surface area contributed by atoms with Gasteiger partial charge in [-0.05, 0) is 60.9 Å². The minimum absolute atomic E-state index is 0.0871. The first-order chi connectivity index (χ1) is 17.5. The third kappa shape index (κ3) is 5.92. The third-order valence-corrected chi connectivity index (χ3v) is 5.76. The summed E-state index contributed by atoms with van der Waals surface area (Å²) in [5.74, 6) is 6.25. The number of nitrogens with one attached hydrogen (secondary N) is 1. The topological polar surface area (TPSA) is 62.5 Å². The van der Waals surface area contributed by atoms with E-state index in [9.17, 15) is 18.0 Å². The smallest absolute Gasteiger partial charge is 0.346 e. The Balaban J connectivity index is 1.57. The SMILES string of the molecule is CCCc1ccc(NC(=O)c2ccc(C)c(C#Cc3ccn4nc(N(C)C)nc4c3)c2)cc1C(F)(F)F. The standard InChI is InChI=1S/C28H26F3N5O/c1-5-6-20-11-12-23(17-24(20)28(29,30)31)32-26(37)22-9-7-18(2)21(16-22)10-8-19-13-14-36-25(15-19)33-27(34-36)35(3)4/h7,9,11-17H,5-6H2,1-4H3,(H,32,37). The number of amides is 1. The Labute approximate surface area is 213 Å². The zero-order chi connectivity index (χ0) is 26.7. The lowest BCUT2D eigenvalue weighted by atomic mass is 10.0. The average Bonchev–Trinajstić information content (AvgIpc) is 3.28. The fourth-order valence-corrected chi connectivity index (χ4v) is 3.78. The Bertz CT molecular complexity index is 1530. The number of alkyl halides is 3. The highest BCUT2D eigenvalue weighted by Crippen LogP contribution is 2.34. The van der Waals surface area contributed by atoms with Gasteiger partial charge >= 0.3 is 6.18 Å². The quantitative estimate of drug-likeness (QED) is 0.352. The maximum atomic E-state index is 13.5. The van der Waals surface area contributed by atoms with Crippen LogP contribution in [0.4, 0.5) is 24.8 Å². The van der Waals surface area contributed by atoms with Gasteiger partial charge in [0.15, 0.2) is 5.65 Å². The number of carbonyl (C=O) groups excluding carboxylic acids is 1. The van der Waals surface area contributed by atoms with Crippen LogP contribution in [0.25, 0.3) is 5.65 Å². The first-order valence-electron chi connectivity index (χ1n) is 11.7. The Hall–Kier alpha value is -4.32. The number of aromatic nitrogens is 3. The van der Waals surface area contributed by atoms with Gasteiger partial charge in [0, 0.05) is 42.7 Å². The predicted molar refractivity (Wildman–Crippen MR) is 138 cm³/mol. The lowest BCUT2D eigenvalue weighted by Gasteiger charge is -2.15. The highest BCUT2D eigenvalue weighted by molar-refractivity contribution is 6.04. The van der Waals surface area contributed by atoms with Gasteiger partial charge < -0.3 is 10.2 Å². The summed E-state index contributed by atoms with van der Waals surface area (Å²) in [6, 6.07) is 12.6. The number of pyridine rings is 1. The van der Waals surface area contributed by atoms with E-state index < -0.39 is 17.6 Å². The molecule has 4 rings (SSSR count). The molecule has 1 N–H and O–H groups in total. The molecule has 0 unspecified atom stereocenters. The van der Waals surface area contributed by atoms with Gasteiger partial charge in [-0.3, -0.25) is 4.79 Å². The molecule has 0 aliphatic carbocycles. The summed E-state index contributed by atoms with van der Waals surface area (Å²) >= 11 is 0. The van der Waals surface area contributed by atoms with Gasteiger partial charge in [0.1, 0.15) is 0 Å². The summed E-state index contributed by atoms with van der Waals surface area (Å²) < 4.78 is 42.2. The molecule has 0 saturated carbocycles. The number of aryl methyl sites for hydroxylation is 2. The van der Waals surface area contributed by atoms with Crippen molar-refractivity contribution in [1.29, 1.82) is 0 Å². The predicted octanol–water partition coefficient (Wildman–Crippen LogP) is 5.73. The van der Waals surface area contributed by atoms with Gasteiger partial charge in [-0.15, -0.1) is 5.10 Å². The van der Waals surface area contributed by atoms with Gasteiger partial charge in [-0.25, -0.2) is 4.52 Å². The highest BCUT2D eigenvalue weighted by Gasteiger charge is 2.33. The molecule has 0 aliphatic rings. The van der Waals surface area contributed by atoms with Gasteiger partial charge in [-0.1, -0.05) is 37.3 Å². The van der Waals surface area contributed by atoms with E-state index in [0.717, 1.165) is 17.2 Å². The van der Waals surface area contributed by atoms with E-state index in [-0.39, 0.29) is 11.3 Å². The van der Waals surface area contributed by atoms with Crippen molar-refractivity contribution in [2.45, 2.75) is 32.9 Å². The zero-order valence-corrected chi connectivity index (χ0v) is 20.9. The van der Waals surface area contributed by atoms with E-state index in [1.165, 1.54) is 12.1 Å². The molecule has 0 aliphatic heterocycles. The molecule has 0 spiro atoms. The number of fused-ring (bicyclic) bond motifs is 1. The minimum atomic E-state index is -4.50. The summed E-state index contributed by atoms with van der Waals surface area (Å²) in [7, 11) is 3.72. The van der Waals surface area contributed by atoms with E-state index in [1.807, 2.05) is 45.0 Å². The molecular weight excluding hydrogens is 479 g/mol. The van der Waals surface area contributed by atoms with Crippen LogP contribution in [0, 0.1) is 18.8 Å². The lowest BCUT2D eigenvalue weighted by Crippen LogP contribution is -2.15. The average molecular weight is 506 g/mol. The zero-order valence-electron chi connectivity index (χ0n) is 20.9. The molecule has 190 valence electrons. The molecule has 0 saturated heterocycles. The van der Waals surface area contributed by atoms with E-state index in [1.54, 1.807) is 28.9 Å². The Morgan fingerprint density at radius 3 is 2.57 bits per heavy atom. The van der Waals surface area contributed by atoms with Crippen molar-refractivity contribution in [2.75, 3.05) is 24.3 Å². The molecule has 9 heteroatoms. The molecule has 1 amide bonds. The second kappa shape index (κ2) is 10.3. The molecule has 2 aromatic heterocycles. The minimum Gasteiger partial charge on any atom is -0.346 e. The first kappa shape index (κ1) is 25.8. The van der Waals surface area contributed by atoms with Crippen molar-refractivity contribution in [3.05, 3.63) is 88.1 Å². The number of hydrogen-bond donors (Lipinski definition) is 1. The third-order valence-electron chi connectivity index (χ3n) is 5.76. The number of benzene rings is 2. The molecule has 0 bridgehead atoms. The van der Waals surface area contributed by atoms with E-state index in [4.69, 9.17) is 0 Å².